The molecular weight excluding hydrogens is 314 g/mol. The van der Waals surface area contributed by atoms with Crippen molar-refractivity contribution < 1.29 is 14.4 Å². The molecule has 0 unspecified atom stereocenters. The van der Waals surface area contributed by atoms with E-state index < -0.39 is 0 Å². The maximum atomic E-state index is 12.7. The van der Waals surface area contributed by atoms with Gasteiger partial charge in [0.2, 0.25) is 11.8 Å². The third-order valence-electron chi connectivity index (χ3n) is 4.47. The standard InChI is InChI=1S/C16H21N3O3S/c1-8-9(2)23-16(18-14(21)10-4-5-10)13(8)15(22)17-11-6-12(20)19(3)7-11/h10-11H,4-7H2,1-3H3,(H,17,22)(H,18,21)/t11-/m1/s1. The number of hydrogen-bond donors (Lipinski definition) is 2. The topological polar surface area (TPSA) is 78.5 Å². The highest BCUT2D eigenvalue weighted by Gasteiger charge is 2.33. The summed E-state index contributed by atoms with van der Waals surface area (Å²) in [5.41, 5.74) is 1.42. The highest BCUT2D eigenvalue weighted by molar-refractivity contribution is 7.16. The van der Waals surface area contributed by atoms with Crippen LogP contribution in [0.3, 0.4) is 0 Å². The molecule has 2 aliphatic rings. The monoisotopic (exact) mass is 335 g/mol. The van der Waals surface area contributed by atoms with E-state index in [1.165, 1.54) is 11.3 Å². The Morgan fingerprint density at radius 1 is 1.26 bits per heavy atom. The molecule has 1 aromatic rings. The van der Waals surface area contributed by atoms with Crippen molar-refractivity contribution in [1.82, 2.24) is 10.2 Å². The van der Waals surface area contributed by atoms with Crippen LogP contribution >= 0.6 is 11.3 Å². The molecule has 1 atom stereocenters. The third kappa shape index (κ3) is 3.24. The van der Waals surface area contributed by atoms with Gasteiger partial charge < -0.3 is 15.5 Å². The molecule has 7 heteroatoms. The lowest BCUT2D eigenvalue weighted by molar-refractivity contribution is -0.126. The second-order valence-corrected chi connectivity index (χ2v) is 7.62. The second kappa shape index (κ2) is 5.96. The van der Waals surface area contributed by atoms with E-state index in [9.17, 15) is 14.4 Å². The summed E-state index contributed by atoms with van der Waals surface area (Å²) in [6, 6.07) is -0.174. The Morgan fingerprint density at radius 3 is 2.52 bits per heavy atom. The van der Waals surface area contributed by atoms with Crippen molar-refractivity contribution in [3.63, 3.8) is 0 Å². The van der Waals surface area contributed by atoms with Gasteiger partial charge >= 0.3 is 0 Å². The smallest absolute Gasteiger partial charge is 0.254 e. The molecule has 1 aliphatic heterocycles. The van der Waals surface area contributed by atoms with E-state index >= 15 is 0 Å². The number of thiophene rings is 1. The molecule has 3 rings (SSSR count). The van der Waals surface area contributed by atoms with Gasteiger partial charge in [-0.3, -0.25) is 14.4 Å². The van der Waals surface area contributed by atoms with Gasteiger partial charge in [0.15, 0.2) is 0 Å². The van der Waals surface area contributed by atoms with E-state index in [2.05, 4.69) is 10.6 Å². The van der Waals surface area contributed by atoms with Gasteiger partial charge in [0.25, 0.3) is 5.91 Å². The highest BCUT2D eigenvalue weighted by atomic mass is 32.1. The van der Waals surface area contributed by atoms with E-state index in [-0.39, 0.29) is 29.7 Å². The van der Waals surface area contributed by atoms with Gasteiger partial charge in [0.1, 0.15) is 5.00 Å². The Morgan fingerprint density at radius 2 is 1.96 bits per heavy atom. The predicted octanol–water partition coefficient (Wildman–Crippen LogP) is 1.67. The van der Waals surface area contributed by atoms with Crippen molar-refractivity contribution in [2.24, 2.45) is 5.92 Å². The van der Waals surface area contributed by atoms with E-state index in [1.54, 1.807) is 11.9 Å². The van der Waals surface area contributed by atoms with Gasteiger partial charge in [0, 0.05) is 30.8 Å². The zero-order valence-corrected chi connectivity index (χ0v) is 14.4. The highest BCUT2D eigenvalue weighted by Crippen LogP contribution is 2.35. The number of aryl methyl sites for hydroxylation is 1. The second-order valence-electron chi connectivity index (χ2n) is 6.40. The van der Waals surface area contributed by atoms with Crippen LogP contribution in [0.5, 0.6) is 0 Å². The van der Waals surface area contributed by atoms with Crippen LogP contribution < -0.4 is 10.6 Å². The summed E-state index contributed by atoms with van der Waals surface area (Å²) in [5.74, 6) is -0.0902. The summed E-state index contributed by atoms with van der Waals surface area (Å²) >= 11 is 1.43. The summed E-state index contributed by atoms with van der Waals surface area (Å²) in [6.45, 7) is 4.35. The van der Waals surface area contributed by atoms with Crippen molar-refractivity contribution >= 4 is 34.1 Å². The fourth-order valence-electron chi connectivity index (χ4n) is 2.77. The van der Waals surface area contributed by atoms with E-state index in [4.69, 9.17) is 0 Å². The molecule has 3 amide bonds. The van der Waals surface area contributed by atoms with Crippen molar-refractivity contribution in [1.29, 1.82) is 0 Å². The van der Waals surface area contributed by atoms with Gasteiger partial charge in [0.05, 0.1) is 11.6 Å². The van der Waals surface area contributed by atoms with Crippen LogP contribution in [0, 0.1) is 19.8 Å². The largest absolute Gasteiger partial charge is 0.347 e. The van der Waals surface area contributed by atoms with E-state index in [0.29, 0.717) is 23.5 Å². The molecule has 1 saturated carbocycles. The summed E-state index contributed by atoms with van der Waals surface area (Å²) in [5, 5.41) is 6.44. The zero-order chi connectivity index (χ0) is 16.7. The fraction of sp³-hybridized carbons (Fsp3) is 0.562. The Balaban J connectivity index is 1.76. The summed E-state index contributed by atoms with van der Waals surface area (Å²) in [6.07, 6.45) is 2.18. The third-order valence-corrected chi connectivity index (χ3v) is 5.60. The van der Waals surface area contributed by atoms with E-state index in [0.717, 1.165) is 23.3 Å². The SMILES string of the molecule is Cc1sc(NC(=O)C2CC2)c(C(=O)N[C@@H]2CC(=O)N(C)C2)c1C. The summed E-state index contributed by atoms with van der Waals surface area (Å²) in [7, 11) is 1.73. The Labute approximate surface area is 139 Å². The number of nitrogens with zero attached hydrogens (tertiary/aromatic N) is 1. The van der Waals surface area contributed by atoms with Crippen LogP contribution in [-0.4, -0.2) is 42.3 Å². The van der Waals surface area contributed by atoms with Crippen molar-refractivity contribution in [3.8, 4) is 0 Å². The number of rotatable bonds is 4. The number of hydrogen-bond acceptors (Lipinski definition) is 4. The van der Waals surface area contributed by atoms with Gasteiger partial charge in [-0.15, -0.1) is 11.3 Å². The minimum Gasteiger partial charge on any atom is -0.347 e. The van der Waals surface area contributed by atoms with Crippen molar-refractivity contribution in [3.05, 3.63) is 16.0 Å². The van der Waals surface area contributed by atoms with E-state index in [1.807, 2.05) is 13.8 Å². The quantitative estimate of drug-likeness (QED) is 0.878. The maximum absolute atomic E-state index is 12.7. The Bertz CT molecular complexity index is 678. The average molecular weight is 335 g/mol. The fourth-order valence-corrected chi connectivity index (χ4v) is 3.83. The molecule has 124 valence electrons. The van der Waals surface area contributed by atoms with Crippen LogP contribution in [0.1, 0.15) is 40.1 Å². The molecule has 0 spiro atoms. The van der Waals surface area contributed by atoms with Crippen LogP contribution in [0.4, 0.5) is 5.00 Å². The maximum Gasteiger partial charge on any atom is 0.254 e. The minimum absolute atomic E-state index is 0.00363. The summed E-state index contributed by atoms with van der Waals surface area (Å²) in [4.78, 5) is 38.9. The number of carbonyl (C=O) groups excluding carboxylic acids is 3. The summed E-state index contributed by atoms with van der Waals surface area (Å²) < 4.78 is 0. The first-order chi connectivity index (χ1) is 10.9. The molecule has 6 nitrogen and oxygen atoms in total. The zero-order valence-electron chi connectivity index (χ0n) is 13.6. The number of amides is 3. The minimum atomic E-state index is -0.217. The number of nitrogens with one attached hydrogen (secondary N) is 2. The molecule has 23 heavy (non-hydrogen) atoms. The molecule has 1 aromatic heterocycles. The molecule has 0 aromatic carbocycles. The van der Waals surface area contributed by atoms with Gasteiger partial charge in [-0.2, -0.15) is 0 Å². The molecule has 0 bridgehead atoms. The lowest BCUT2D eigenvalue weighted by Crippen LogP contribution is -2.37. The Kier molecular flexibility index (Phi) is 4.14. The molecule has 0 radical (unpaired) electrons. The number of likely N-dealkylation sites (tertiary alicyclic amines) is 1. The first kappa shape index (κ1) is 16.0. The van der Waals surface area contributed by atoms with Crippen molar-refractivity contribution in [2.45, 2.75) is 39.2 Å². The number of likely N-dealkylation sites (N-methyl/N-ethyl adjacent to an activating group) is 1. The lowest BCUT2D eigenvalue weighted by Gasteiger charge is -2.13. The average Bonchev–Trinajstić information content (AvgIpc) is 3.21. The van der Waals surface area contributed by atoms with Crippen molar-refractivity contribution in [2.75, 3.05) is 18.9 Å². The lowest BCUT2D eigenvalue weighted by atomic mass is 10.1. The molecule has 1 aliphatic carbocycles. The van der Waals surface area contributed by atoms with Crippen LogP contribution in [0.25, 0.3) is 0 Å². The number of anilines is 1. The van der Waals surface area contributed by atoms with Crippen LogP contribution in [0.15, 0.2) is 0 Å². The molecule has 2 N–H and O–H groups in total. The molecule has 1 saturated heterocycles. The first-order valence-corrected chi connectivity index (χ1v) is 8.64. The first-order valence-electron chi connectivity index (χ1n) is 7.82. The van der Waals surface area contributed by atoms with Gasteiger partial charge in [-0.05, 0) is 32.3 Å². The molecular formula is C16H21N3O3S. The number of carbonyl (C=O) groups is 3. The van der Waals surface area contributed by atoms with Gasteiger partial charge in [-0.25, -0.2) is 0 Å². The normalized spacial score (nSPS) is 20.7. The molecule has 2 fully saturated rings. The predicted molar refractivity (Wildman–Crippen MR) is 88.7 cm³/mol. The van der Waals surface area contributed by atoms with Crippen LogP contribution in [-0.2, 0) is 9.59 Å². The van der Waals surface area contributed by atoms with Crippen LogP contribution in [0.2, 0.25) is 0 Å². The molecule has 2 heterocycles. The van der Waals surface area contributed by atoms with Gasteiger partial charge in [-0.1, -0.05) is 0 Å². The Hall–Kier alpha value is -1.89.